The van der Waals surface area contributed by atoms with Crippen molar-refractivity contribution in [3.05, 3.63) is 42.0 Å². The summed E-state index contributed by atoms with van der Waals surface area (Å²) in [7, 11) is 1.61. The molecule has 8 nitrogen and oxygen atoms in total. The minimum Gasteiger partial charge on any atom is -0.383 e. The summed E-state index contributed by atoms with van der Waals surface area (Å²) in [5.41, 5.74) is 0.556. The summed E-state index contributed by atoms with van der Waals surface area (Å²) in [6.45, 7) is 6.34. The van der Waals surface area contributed by atoms with Crippen molar-refractivity contribution >= 4 is 17.5 Å². The van der Waals surface area contributed by atoms with Gasteiger partial charge in [-0.25, -0.2) is 15.0 Å². The molecule has 0 spiro atoms. The quantitative estimate of drug-likeness (QED) is 0.769. The van der Waals surface area contributed by atoms with E-state index in [0.29, 0.717) is 18.7 Å². The Morgan fingerprint density at radius 2 is 1.85 bits per heavy atom. The van der Waals surface area contributed by atoms with Gasteiger partial charge in [-0.15, -0.1) is 0 Å². The van der Waals surface area contributed by atoms with Gasteiger partial charge in [0, 0.05) is 52.2 Å². The number of aromatic nitrogens is 3. The third kappa shape index (κ3) is 4.45. The third-order valence-corrected chi connectivity index (χ3v) is 4.29. The minimum absolute atomic E-state index is 0.134. The van der Waals surface area contributed by atoms with Crippen LogP contribution in [0, 0.1) is 6.92 Å². The Labute approximate surface area is 153 Å². The molecule has 2 aromatic heterocycles. The van der Waals surface area contributed by atoms with Crippen LogP contribution >= 0.6 is 0 Å². The van der Waals surface area contributed by atoms with E-state index in [0.717, 1.165) is 43.6 Å². The van der Waals surface area contributed by atoms with Gasteiger partial charge in [-0.2, -0.15) is 0 Å². The maximum Gasteiger partial charge on any atom is 0.252 e. The van der Waals surface area contributed by atoms with Crippen LogP contribution in [0.1, 0.15) is 16.2 Å². The normalized spacial score (nSPS) is 14.4. The summed E-state index contributed by atoms with van der Waals surface area (Å²) < 4.78 is 4.92. The molecule has 1 saturated heterocycles. The van der Waals surface area contributed by atoms with Crippen molar-refractivity contribution in [2.45, 2.75) is 6.92 Å². The molecule has 1 aliphatic heterocycles. The lowest BCUT2D eigenvalue weighted by Gasteiger charge is -2.36. The van der Waals surface area contributed by atoms with Crippen molar-refractivity contribution in [1.29, 1.82) is 0 Å². The fourth-order valence-corrected chi connectivity index (χ4v) is 2.86. The zero-order valence-electron chi connectivity index (χ0n) is 15.2. The summed E-state index contributed by atoms with van der Waals surface area (Å²) in [5.74, 6) is 2.50. The number of nitrogens with zero attached hydrogens (tertiary/aromatic N) is 5. The number of hydrogen-bond acceptors (Lipinski definition) is 7. The molecular weight excluding hydrogens is 332 g/mol. The van der Waals surface area contributed by atoms with E-state index in [9.17, 15) is 4.79 Å². The summed E-state index contributed by atoms with van der Waals surface area (Å²) in [6, 6.07) is 5.65. The Hall–Kier alpha value is -2.74. The first kappa shape index (κ1) is 18.1. The number of pyridine rings is 1. The van der Waals surface area contributed by atoms with E-state index in [4.69, 9.17) is 4.74 Å². The van der Waals surface area contributed by atoms with Crippen LogP contribution in [-0.2, 0) is 4.74 Å². The summed E-state index contributed by atoms with van der Waals surface area (Å²) >= 11 is 0. The van der Waals surface area contributed by atoms with Gasteiger partial charge in [0.2, 0.25) is 0 Å². The summed E-state index contributed by atoms with van der Waals surface area (Å²) in [5, 5.41) is 2.79. The maximum absolute atomic E-state index is 12.0. The monoisotopic (exact) mass is 356 g/mol. The highest BCUT2D eigenvalue weighted by atomic mass is 16.5. The molecule has 0 bridgehead atoms. The number of carbonyl (C=O) groups is 1. The molecule has 0 aromatic carbocycles. The lowest BCUT2D eigenvalue weighted by molar-refractivity contribution is 0.0937. The smallest absolute Gasteiger partial charge is 0.252 e. The van der Waals surface area contributed by atoms with Crippen LogP contribution in [0.25, 0.3) is 0 Å². The number of aryl methyl sites for hydroxylation is 1. The molecule has 0 atom stereocenters. The van der Waals surface area contributed by atoms with Gasteiger partial charge in [-0.3, -0.25) is 4.79 Å². The molecule has 26 heavy (non-hydrogen) atoms. The standard InChI is InChI=1S/C18H24N6O2/c1-14-19-6-5-17(22-14)24-10-8-23(9-11-24)16-4-3-15(13-21-16)18(25)20-7-12-26-2/h3-6,13H,7-12H2,1-2H3,(H,20,25). The number of ether oxygens (including phenoxy) is 1. The molecule has 1 fully saturated rings. The second-order valence-corrected chi connectivity index (χ2v) is 6.09. The number of hydrogen-bond donors (Lipinski definition) is 1. The first-order valence-electron chi connectivity index (χ1n) is 8.70. The molecule has 3 heterocycles. The van der Waals surface area contributed by atoms with Gasteiger partial charge < -0.3 is 19.9 Å². The van der Waals surface area contributed by atoms with Gasteiger partial charge in [0.25, 0.3) is 5.91 Å². The first-order chi connectivity index (χ1) is 12.7. The van der Waals surface area contributed by atoms with Crippen molar-refractivity contribution in [2.75, 3.05) is 56.2 Å². The molecule has 0 aliphatic carbocycles. The van der Waals surface area contributed by atoms with Crippen molar-refractivity contribution in [1.82, 2.24) is 20.3 Å². The second-order valence-electron chi connectivity index (χ2n) is 6.09. The van der Waals surface area contributed by atoms with E-state index in [1.165, 1.54) is 0 Å². The Morgan fingerprint density at radius 1 is 1.12 bits per heavy atom. The molecule has 3 rings (SSSR count). The van der Waals surface area contributed by atoms with E-state index >= 15 is 0 Å². The summed E-state index contributed by atoms with van der Waals surface area (Å²) in [4.78, 5) is 29.5. The molecular formula is C18H24N6O2. The number of amides is 1. The molecule has 2 aromatic rings. The molecule has 1 aliphatic rings. The van der Waals surface area contributed by atoms with Gasteiger partial charge in [-0.1, -0.05) is 0 Å². The van der Waals surface area contributed by atoms with Crippen LogP contribution in [-0.4, -0.2) is 67.3 Å². The highest BCUT2D eigenvalue weighted by Crippen LogP contribution is 2.17. The van der Waals surface area contributed by atoms with Crippen molar-refractivity contribution in [2.24, 2.45) is 0 Å². The fraction of sp³-hybridized carbons (Fsp3) is 0.444. The first-order valence-corrected chi connectivity index (χ1v) is 8.70. The molecule has 0 radical (unpaired) electrons. The van der Waals surface area contributed by atoms with Crippen LogP contribution in [0.15, 0.2) is 30.6 Å². The molecule has 8 heteroatoms. The number of piperazine rings is 1. The average molecular weight is 356 g/mol. The number of anilines is 2. The van der Waals surface area contributed by atoms with Gasteiger partial charge in [0.15, 0.2) is 0 Å². The highest BCUT2D eigenvalue weighted by Gasteiger charge is 2.19. The number of nitrogens with one attached hydrogen (secondary N) is 1. The van der Waals surface area contributed by atoms with E-state index < -0.39 is 0 Å². The molecule has 1 N–H and O–H groups in total. The van der Waals surface area contributed by atoms with Crippen LogP contribution in [0.3, 0.4) is 0 Å². The lowest BCUT2D eigenvalue weighted by atomic mass is 10.2. The Kier molecular flexibility index (Phi) is 5.96. The third-order valence-electron chi connectivity index (χ3n) is 4.29. The van der Waals surface area contributed by atoms with E-state index in [1.54, 1.807) is 19.5 Å². The Morgan fingerprint density at radius 3 is 2.46 bits per heavy atom. The largest absolute Gasteiger partial charge is 0.383 e. The molecule has 1 amide bonds. The molecule has 0 unspecified atom stereocenters. The van der Waals surface area contributed by atoms with E-state index in [-0.39, 0.29) is 5.91 Å². The number of rotatable bonds is 6. The fourth-order valence-electron chi connectivity index (χ4n) is 2.86. The minimum atomic E-state index is -0.134. The topological polar surface area (TPSA) is 83.5 Å². The zero-order chi connectivity index (χ0) is 18.4. The summed E-state index contributed by atoms with van der Waals surface area (Å²) in [6.07, 6.45) is 3.42. The van der Waals surface area contributed by atoms with Crippen molar-refractivity contribution in [3.63, 3.8) is 0 Å². The maximum atomic E-state index is 12.0. The van der Waals surface area contributed by atoms with Gasteiger partial charge in [0.1, 0.15) is 17.5 Å². The highest BCUT2D eigenvalue weighted by molar-refractivity contribution is 5.94. The van der Waals surface area contributed by atoms with Gasteiger partial charge >= 0.3 is 0 Å². The lowest BCUT2D eigenvalue weighted by Crippen LogP contribution is -2.47. The van der Waals surface area contributed by atoms with E-state index in [1.807, 2.05) is 25.1 Å². The van der Waals surface area contributed by atoms with Crippen LogP contribution < -0.4 is 15.1 Å². The van der Waals surface area contributed by atoms with Gasteiger partial charge in [0.05, 0.1) is 12.2 Å². The van der Waals surface area contributed by atoms with Crippen molar-refractivity contribution < 1.29 is 9.53 Å². The van der Waals surface area contributed by atoms with Crippen LogP contribution in [0.2, 0.25) is 0 Å². The van der Waals surface area contributed by atoms with Crippen molar-refractivity contribution in [3.8, 4) is 0 Å². The Balaban J connectivity index is 1.55. The SMILES string of the molecule is COCCNC(=O)c1ccc(N2CCN(c3ccnc(C)n3)CC2)nc1. The average Bonchev–Trinajstić information content (AvgIpc) is 2.68. The predicted molar refractivity (Wildman–Crippen MR) is 99.6 cm³/mol. The molecule has 138 valence electrons. The second kappa shape index (κ2) is 8.57. The predicted octanol–water partition coefficient (Wildman–Crippen LogP) is 0.883. The van der Waals surface area contributed by atoms with Crippen LogP contribution in [0.4, 0.5) is 11.6 Å². The number of carbonyl (C=O) groups excluding carboxylic acids is 1. The van der Waals surface area contributed by atoms with Gasteiger partial charge in [-0.05, 0) is 25.1 Å². The van der Waals surface area contributed by atoms with E-state index in [2.05, 4.69) is 30.1 Å². The molecule has 0 saturated carbocycles. The van der Waals surface area contributed by atoms with Crippen LogP contribution in [0.5, 0.6) is 0 Å². The zero-order valence-corrected chi connectivity index (χ0v) is 15.2. The Bertz CT molecular complexity index is 729. The number of methoxy groups -OCH3 is 1.